The molecule has 4 rings (SSSR count). The summed E-state index contributed by atoms with van der Waals surface area (Å²) < 4.78 is 0. The Hall–Kier alpha value is -2.02. The van der Waals surface area contributed by atoms with Crippen LogP contribution in [-0.4, -0.2) is 34.0 Å². The molecule has 2 aromatic heterocycles. The maximum absolute atomic E-state index is 12.6. The number of piperidine rings is 1. The zero-order valence-electron chi connectivity index (χ0n) is 15.0. The van der Waals surface area contributed by atoms with Crippen molar-refractivity contribution in [1.82, 2.24) is 9.88 Å². The second-order valence-corrected chi connectivity index (χ2v) is 8.70. The van der Waals surface area contributed by atoms with E-state index >= 15 is 0 Å². The Morgan fingerprint density at radius 3 is 2.63 bits per heavy atom. The van der Waals surface area contributed by atoms with Crippen molar-refractivity contribution in [3.05, 3.63) is 63.8 Å². The molecule has 3 heterocycles. The number of aliphatic hydroxyl groups is 1. The van der Waals surface area contributed by atoms with E-state index in [9.17, 15) is 9.90 Å². The second-order valence-electron chi connectivity index (χ2n) is 6.87. The van der Waals surface area contributed by atoms with Gasteiger partial charge in [0.2, 0.25) is 5.91 Å². The minimum atomic E-state index is -0.408. The molecule has 0 spiro atoms. The molecule has 6 heteroatoms. The first-order valence-corrected chi connectivity index (χ1v) is 11.0. The minimum absolute atomic E-state index is 0.129. The summed E-state index contributed by atoms with van der Waals surface area (Å²) in [6.07, 6.45) is 1.63. The summed E-state index contributed by atoms with van der Waals surface area (Å²) in [7, 11) is 0. The van der Waals surface area contributed by atoms with Gasteiger partial charge in [0.25, 0.3) is 0 Å². The Kier molecular flexibility index (Phi) is 5.66. The first-order valence-electron chi connectivity index (χ1n) is 9.20. The summed E-state index contributed by atoms with van der Waals surface area (Å²) in [4.78, 5) is 20.2. The number of nitrogens with zero attached hydrogens (tertiary/aromatic N) is 2. The molecule has 3 aromatic rings. The van der Waals surface area contributed by atoms with Crippen LogP contribution in [0.3, 0.4) is 0 Å². The largest absolute Gasteiger partial charge is 0.387 e. The fraction of sp³-hybridized carbons (Fsp3) is 0.333. The van der Waals surface area contributed by atoms with Crippen molar-refractivity contribution in [1.29, 1.82) is 0 Å². The SMILES string of the molecule is O=C(Cc1csc(-c2ccccc2)n1)N1CCC(C(O)c2cccs2)CC1. The summed E-state index contributed by atoms with van der Waals surface area (Å²) in [6, 6.07) is 14.0. The molecule has 1 amide bonds. The predicted molar refractivity (Wildman–Crippen MR) is 110 cm³/mol. The number of carbonyl (C=O) groups is 1. The number of aliphatic hydroxyl groups excluding tert-OH is 1. The highest BCUT2D eigenvalue weighted by molar-refractivity contribution is 7.13. The lowest BCUT2D eigenvalue weighted by molar-refractivity contribution is -0.132. The molecule has 0 bridgehead atoms. The number of carbonyl (C=O) groups excluding carboxylic acids is 1. The summed E-state index contributed by atoms with van der Waals surface area (Å²) in [5, 5.41) is 15.4. The molecule has 27 heavy (non-hydrogen) atoms. The highest BCUT2D eigenvalue weighted by Crippen LogP contribution is 2.33. The molecule has 1 aromatic carbocycles. The average molecular weight is 399 g/mol. The van der Waals surface area contributed by atoms with Gasteiger partial charge >= 0.3 is 0 Å². The van der Waals surface area contributed by atoms with Crippen molar-refractivity contribution >= 4 is 28.6 Å². The molecular weight excluding hydrogens is 376 g/mol. The predicted octanol–water partition coefficient (Wildman–Crippen LogP) is 4.39. The van der Waals surface area contributed by atoms with Crippen LogP contribution in [0.15, 0.2) is 53.2 Å². The van der Waals surface area contributed by atoms with Crippen molar-refractivity contribution in [2.75, 3.05) is 13.1 Å². The number of amides is 1. The number of hydrogen-bond acceptors (Lipinski definition) is 5. The first-order chi connectivity index (χ1) is 13.2. The Morgan fingerprint density at radius 1 is 1.15 bits per heavy atom. The van der Waals surface area contributed by atoms with Gasteiger partial charge < -0.3 is 10.0 Å². The van der Waals surface area contributed by atoms with Crippen LogP contribution in [0.4, 0.5) is 0 Å². The highest BCUT2D eigenvalue weighted by atomic mass is 32.1. The molecule has 4 nitrogen and oxygen atoms in total. The Balaban J connectivity index is 1.32. The van der Waals surface area contributed by atoms with E-state index in [1.807, 2.05) is 58.1 Å². The molecule has 0 saturated carbocycles. The number of likely N-dealkylation sites (tertiary alicyclic amines) is 1. The number of hydrogen-bond donors (Lipinski definition) is 1. The molecule has 1 saturated heterocycles. The molecule has 0 radical (unpaired) electrons. The molecular formula is C21H22N2O2S2. The third-order valence-corrected chi connectivity index (χ3v) is 6.96. The first kappa shape index (κ1) is 18.3. The Morgan fingerprint density at radius 2 is 1.93 bits per heavy atom. The average Bonchev–Trinajstić information content (AvgIpc) is 3.40. The molecule has 1 aliphatic rings. The standard InChI is InChI=1S/C21H22N2O2S2/c24-19(13-17-14-27-21(22-17)16-5-2-1-3-6-16)23-10-8-15(9-11-23)20(25)18-7-4-12-26-18/h1-7,12,14-15,20,25H,8-11,13H2. The van der Waals surface area contributed by atoms with Crippen LogP contribution in [0, 0.1) is 5.92 Å². The zero-order valence-corrected chi connectivity index (χ0v) is 16.6. The fourth-order valence-electron chi connectivity index (χ4n) is 3.52. The number of aromatic nitrogens is 1. The maximum Gasteiger partial charge on any atom is 0.228 e. The van der Waals surface area contributed by atoms with E-state index in [4.69, 9.17) is 0 Å². The van der Waals surface area contributed by atoms with Gasteiger partial charge in [-0.2, -0.15) is 0 Å². The van der Waals surface area contributed by atoms with Crippen molar-refractivity contribution in [2.24, 2.45) is 5.92 Å². The summed E-state index contributed by atoms with van der Waals surface area (Å²) in [5.41, 5.74) is 1.93. The topological polar surface area (TPSA) is 53.4 Å². The molecule has 140 valence electrons. The van der Waals surface area contributed by atoms with Gasteiger partial charge in [0.05, 0.1) is 18.2 Å². The van der Waals surface area contributed by atoms with E-state index in [1.54, 1.807) is 22.7 Å². The van der Waals surface area contributed by atoms with Crippen LogP contribution in [-0.2, 0) is 11.2 Å². The molecule has 1 atom stereocenters. The monoisotopic (exact) mass is 398 g/mol. The zero-order chi connectivity index (χ0) is 18.6. The van der Waals surface area contributed by atoms with Gasteiger partial charge in [-0.25, -0.2) is 4.98 Å². The highest BCUT2D eigenvalue weighted by Gasteiger charge is 2.28. The van der Waals surface area contributed by atoms with Gasteiger partial charge in [0.1, 0.15) is 5.01 Å². The summed E-state index contributed by atoms with van der Waals surface area (Å²) >= 11 is 3.18. The Bertz CT molecular complexity index is 869. The van der Waals surface area contributed by atoms with Crippen LogP contribution >= 0.6 is 22.7 Å². The van der Waals surface area contributed by atoms with Gasteiger partial charge in [-0.3, -0.25) is 4.79 Å². The Labute approximate surface area is 167 Å². The van der Waals surface area contributed by atoms with Crippen LogP contribution < -0.4 is 0 Å². The fourth-order valence-corrected chi connectivity index (χ4v) is 5.15. The van der Waals surface area contributed by atoms with Gasteiger partial charge in [0.15, 0.2) is 0 Å². The van der Waals surface area contributed by atoms with E-state index in [0.29, 0.717) is 19.5 Å². The lowest BCUT2D eigenvalue weighted by Gasteiger charge is -2.34. The van der Waals surface area contributed by atoms with Crippen LogP contribution in [0.1, 0.15) is 29.5 Å². The van der Waals surface area contributed by atoms with Gasteiger partial charge in [-0.05, 0) is 30.2 Å². The van der Waals surface area contributed by atoms with E-state index in [-0.39, 0.29) is 11.8 Å². The van der Waals surface area contributed by atoms with E-state index in [1.165, 1.54) is 0 Å². The lowest BCUT2D eigenvalue weighted by Crippen LogP contribution is -2.40. The van der Waals surface area contributed by atoms with Gasteiger partial charge in [0, 0.05) is 28.9 Å². The minimum Gasteiger partial charge on any atom is -0.387 e. The third kappa shape index (κ3) is 4.29. The number of rotatable bonds is 5. The maximum atomic E-state index is 12.6. The van der Waals surface area contributed by atoms with Crippen molar-refractivity contribution in [3.63, 3.8) is 0 Å². The van der Waals surface area contributed by atoms with Crippen molar-refractivity contribution < 1.29 is 9.90 Å². The number of benzene rings is 1. The lowest BCUT2D eigenvalue weighted by atomic mass is 9.90. The summed E-state index contributed by atoms with van der Waals surface area (Å²) in [6.45, 7) is 1.42. The molecule has 1 unspecified atom stereocenters. The molecule has 0 aliphatic carbocycles. The molecule has 1 aliphatic heterocycles. The van der Waals surface area contributed by atoms with Gasteiger partial charge in [-0.1, -0.05) is 36.4 Å². The smallest absolute Gasteiger partial charge is 0.228 e. The number of thiazole rings is 1. The van der Waals surface area contributed by atoms with Crippen LogP contribution in [0.2, 0.25) is 0 Å². The molecule has 1 fully saturated rings. The number of thiophene rings is 1. The van der Waals surface area contributed by atoms with E-state index < -0.39 is 6.10 Å². The van der Waals surface area contributed by atoms with Crippen LogP contribution in [0.5, 0.6) is 0 Å². The quantitative estimate of drug-likeness (QED) is 0.694. The third-order valence-electron chi connectivity index (χ3n) is 5.08. The van der Waals surface area contributed by atoms with Crippen LogP contribution in [0.25, 0.3) is 10.6 Å². The second kappa shape index (κ2) is 8.33. The van der Waals surface area contributed by atoms with E-state index in [0.717, 1.165) is 34.0 Å². The molecule has 1 N–H and O–H groups in total. The van der Waals surface area contributed by atoms with Gasteiger partial charge in [-0.15, -0.1) is 22.7 Å². The van der Waals surface area contributed by atoms with Crippen molar-refractivity contribution in [2.45, 2.75) is 25.4 Å². The summed E-state index contributed by atoms with van der Waals surface area (Å²) in [5.74, 6) is 0.362. The normalized spacial score (nSPS) is 16.4. The van der Waals surface area contributed by atoms with Crippen molar-refractivity contribution in [3.8, 4) is 10.6 Å². The van der Waals surface area contributed by atoms with E-state index in [2.05, 4.69) is 4.98 Å².